The predicted octanol–water partition coefficient (Wildman–Crippen LogP) is 2.32. The number of halogens is 1. The normalized spacial score (nSPS) is 8.74. The first-order chi connectivity index (χ1) is 8.81. The lowest BCUT2D eigenvalue weighted by atomic mass is 10.2. The van der Waals surface area contributed by atoms with Crippen LogP contribution >= 0.6 is 12.4 Å². The molecule has 0 saturated heterocycles. The van der Waals surface area contributed by atoms with Crippen molar-refractivity contribution in [1.82, 2.24) is 9.97 Å². The zero-order chi connectivity index (χ0) is 12.8. The lowest BCUT2D eigenvalue weighted by Crippen LogP contribution is -1.97. The summed E-state index contributed by atoms with van der Waals surface area (Å²) in [5.74, 6) is 7.09. The summed E-state index contributed by atoms with van der Waals surface area (Å²) in [6.07, 6.45) is 0. The van der Waals surface area contributed by atoms with Crippen LogP contribution < -0.4 is 9.47 Å². The predicted molar refractivity (Wildman–Crippen MR) is 74.8 cm³/mol. The highest BCUT2D eigenvalue weighted by Crippen LogP contribution is 2.14. The van der Waals surface area contributed by atoms with E-state index in [1.54, 1.807) is 6.07 Å². The van der Waals surface area contributed by atoms with E-state index in [1.165, 1.54) is 14.2 Å². The standard InChI is InChI=1S/C14H12N2O2.ClH/c1-17-13-10-14(18-2)16-12(15-13)9-8-11-6-4-3-5-7-11;/h3-7,10H,1-2H3;1H. The topological polar surface area (TPSA) is 44.2 Å². The van der Waals surface area contributed by atoms with Gasteiger partial charge in [0.05, 0.1) is 20.3 Å². The fourth-order valence-electron chi connectivity index (χ4n) is 1.32. The minimum atomic E-state index is 0. The smallest absolute Gasteiger partial charge is 0.221 e. The Morgan fingerprint density at radius 3 is 2.00 bits per heavy atom. The molecule has 0 saturated carbocycles. The van der Waals surface area contributed by atoms with Gasteiger partial charge >= 0.3 is 0 Å². The maximum Gasteiger partial charge on any atom is 0.221 e. The van der Waals surface area contributed by atoms with Crippen molar-refractivity contribution in [2.75, 3.05) is 14.2 Å². The van der Waals surface area contributed by atoms with E-state index >= 15 is 0 Å². The van der Waals surface area contributed by atoms with Gasteiger partial charge in [0.25, 0.3) is 0 Å². The summed E-state index contributed by atoms with van der Waals surface area (Å²) in [6, 6.07) is 11.2. The van der Waals surface area contributed by atoms with Crippen LogP contribution in [0.5, 0.6) is 11.8 Å². The van der Waals surface area contributed by atoms with Crippen LogP contribution in [0.15, 0.2) is 36.4 Å². The molecule has 0 atom stereocenters. The highest BCUT2D eigenvalue weighted by molar-refractivity contribution is 5.85. The summed E-state index contributed by atoms with van der Waals surface area (Å²) < 4.78 is 10.1. The molecule has 0 spiro atoms. The Morgan fingerprint density at radius 2 is 1.47 bits per heavy atom. The van der Waals surface area contributed by atoms with Crippen LogP contribution in [0.25, 0.3) is 0 Å². The molecular weight excluding hydrogens is 264 g/mol. The van der Waals surface area contributed by atoms with Crippen LogP contribution in [0.3, 0.4) is 0 Å². The van der Waals surface area contributed by atoms with Crippen molar-refractivity contribution in [3.63, 3.8) is 0 Å². The summed E-state index contributed by atoms with van der Waals surface area (Å²) in [7, 11) is 3.08. The largest absolute Gasteiger partial charge is 0.481 e. The van der Waals surface area contributed by atoms with Gasteiger partial charge in [-0.2, -0.15) is 9.97 Å². The fourth-order valence-corrected chi connectivity index (χ4v) is 1.32. The molecule has 2 aromatic rings. The third-order valence-electron chi connectivity index (χ3n) is 2.19. The average molecular weight is 277 g/mol. The first-order valence-corrected chi connectivity index (χ1v) is 5.36. The molecule has 0 unspecified atom stereocenters. The number of aromatic nitrogens is 2. The molecule has 19 heavy (non-hydrogen) atoms. The third kappa shape index (κ3) is 4.16. The van der Waals surface area contributed by atoms with Gasteiger partial charge < -0.3 is 9.47 Å². The van der Waals surface area contributed by atoms with Crippen LogP contribution in [0.4, 0.5) is 0 Å². The van der Waals surface area contributed by atoms with Crippen LogP contribution in [0.1, 0.15) is 11.4 Å². The van der Waals surface area contributed by atoms with Gasteiger partial charge in [0.15, 0.2) is 0 Å². The number of rotatable bonds is 2. The zero-order valence-corrected chi connectivity index (χ0v) is 11.4. The van der Waals surface area contributed by atoms with Gasteiger partial charge in [-0.3, -0.25) is 0 Å². The lowest BCUT2D eigenvalue weighted by Gasteiger charge is -2.02. The molecule has 0 aliphatic rings. The summed E-state index contributed by atoms with van der Waals surface area (Å²) in [5, 5.41) is 0. The Morgan fingerprint density at radius 1 is 0.895 bits per heavy atom. The van der Waals surface area contributed by atoms with Crippen LogP contribution in [0, 0.1) is 11.8 Å². The van der Waals surface area contributed by atoms with Crippen LogP contribution in [-0.2, 0) is 0 Å². The molecule has 4 nitrogen and oxygen atoms in total. The first kappa shape index (κ1) is 14.8. The summed E-state index contributed by atoms with van der Waals surface area (Å²) in [5.41, 5.74) is 0.905. The van der Waals surface area contributed by atoms with Gasteiger partial charge in [0.2, 0.25) is 17.6 Å². The molecule has 0 radical (unpaired) electrons. The number of methoxy groups -OCH3 is 2. The van der Waals surface area contributed by atoms with E-state index < -0.39 is 0 Å². The van der Waals surface area contributed by atoms with Crippen molar-refractivity contribution < 1.29 is 9.47 Å². The van der Waals surface area contributed by atoms with Crippen molar-refractivity contribution >= 4 is 12.4 Å². The average Bonchev–Trinajstić information content (AvgIpc) is 2.45. The van der Waals surface area contributed by atoms with Gasteiger partial charge in [-0.15, -0.1) is 12.4 Å². The number of hydrogen-bond acceptors (Lipinski definition) is 4. The second-order valence-electron chi connectivity index (χ2n) is 3.39. The van der Waals surface area contributed by atoms with Crippen molar-refractivity contribution in [3.8, 4) is 23.6 Å². The van der Waals surface area contributed by atoms with Gasteiger partial charge in [-0.1, -0.05) is 24.1 Å². The van der Waals surface area contributed by atoms with E-state index in [2.05, 4.69) is 21.8 Å². The van der Waals surface area contributed by atoms with Crippen molar-refractivity contribution in [3.05, 3.63) is 47.8 Å². The van der Waals surface area contributed by atoms with Crippen molar-refractivity contribution in [1.29, 1.82) is 0 Å². The maximum atomic E-state index is 5.05. The summed E-state index contributed by atoms with van der Waals surface area (Å²) >= 11 is 0. The van der Waals surface area contributed by atoms with Gasteiger partial charge in [-0.25, -0.2) is 0 Å². The van der Waals surface area contributed by atoms with Crippen molar-refractivity contribution in [2.45, 2.75) is 0 Å². The Kier molecular flexibility index (Phi) is 5.65. The molecule has 98 valence electrons. The molecule has 2 rings (SSSR count). The van der Waals surface area contributed by atoms with Gasteiger partial charge in [0, 0.05) is 5.56 Å². The second-order valence-corrected chi connectivity index (χ2v) is 3.39. The van der Waals surface area contributed by atoms with Gasteiger partial charge in [0.1, 0.15) is 0 Å². The quantitative estimate of drug-likeness (QED) is 0.790. The molecule has 5 heteroatoms. The van der Waals surface area contributed by atoms with E-state index in [1.807, 2.05) is 30.3 Å². The Hall–Kier alpha value is -2.25. The van der Waals surface area contributed by atoms with Crippen LogP contribution in [-0.4, -0.2) is 24.2 Å². The lowest BCUT2D eigenvalue weighted by molar-refractivity contribution is 0.371. The third-order valence-corrected chi connectivity index (χ3v) is 2.19. The van der Waals surface area contributed by atoms with Crippen LogP contribution in [0.2, 0.25) is 0 Å². The van der Waals surface area contributed by atoms with Gasteiger partial charge in [-0.05, 0) is 18.1 Å². The molecule has 0 aliphatic heterocycles. The molecule has 0 N–H and O–H groups in total. The number of ether oxygens (including phenoxy) is 2. The zero-order valence-electron chi connectivity index (χ0n) is 10.6. The van der Waals surface area contributed by atoms with E-state index in [-0.39, 0.29) is 12.4 Å². The minimum absolute atomic E-state index is 0. The molecule has 1 aromatic carbocycles. The number of benzene rings is 1. The monoisotopic (exact) mass is 276 g/mol. The Balaban J connectivity index is 0.00000180. The Bertz CT molecular complexity index is 569. The number of hydrogen-bond donors (Lipinski definition) is 0. The highest BCUT2D eigenvalue weighted by Gasteiger charge is 2.02. The second kappa shape index (κ2) is 7.24. The minimum Gasteiger partial charge on any atom is -0.481 e. The molecule has 0 aliphatic carbocycles. The van der Waals surface area contributed by atoms with E-state index in [0.29, 0.717) is 17.6 Å². The van der Waals surface area contributed by atoms with E-state index in [9.17, 15) is 0 Å². The molecule has 0 fully saturated rings. The van der Waals surface area contributed by atoms with E-state index in [4.69, 9.17) is 9.47 Å². The van der Waals surface area contributed by atoms with E-state index in [0.717, 1.165) is 5.56 Å². The molecule has 1 aromatic heterocycles. The fraction of sp³-hybridized carbons (Fsp3) is 0.143. The number of nitrogens with zero attached hydrogens (tertiary/aromatic N) is 2. The SMILES string of the molecule is COc1cc(OC)nc(C#Cc2ccccc2)n1.Cl. The summed E-state index contributed by atoms with van der Waals surface area (Å²) in [4.78, 5) is 8.26. The molecule has 0 amide bonds. The Labute approximate surface area is 118 Å². The molecule has 1 heterocycles. The molecular formula is C14H13ClN2O2. The summed E-state index contributed by atoms with van der Waals surface area (Å²) in [6.45, 7) is 0. The maximum absolute atomic E-state index is 5.05. The molecule has 0 bridgehead atoms. The highest BCUT2D eigenvalue weighted by atomic mass is 35.5. The first-order valence-electron chi connectivity index (χ1n) is 5.36. The van der Waals surface area contributed by atoms with Crippen molar-refractivity contribution in [2.24, 2.45) is 0 Å².